The Morgan fingerprint density at radius 2 is 1.69 bits per heavy atom. The molecule has 7 nitrogen and oxygen atoms in total. The second-order valence-electron chi connectivity index (χ2n) is 9.70. The number of anilines is 2. The van der Waals surface area contributed by atoms with Gasteiger partial charge in [-0.3, -0.25) is 4.79 Å². The number of methoxy groups -OCH3 is 1. The summed E-state index contributed by atoms with van der Waals surface area (Å²) in [4.78, 5) is 29.0. The van der Waals surface area contributed by atoms with Gasteiger partial charge >= 0.3 is 5.97 Å². The molecule has 3 aromatic carbocycles. The molecule has 1 amide bonds. The molecule has 0 aliphatic carbocycles. The minimum atomic E-state index is -1.05. The molecule has 1 aromatic heterocycles. The Morgan fingerprint density at radius 3 is 2.31 bits per heavy atom. The van der Waals surface area contributed by atoms with E-state index >= 15 is 0 Å². The van der Waals surface area contributed by atoms with Crippen LogP contribution < -0.4 is 15.4 Å². The quantitative estimate of drug-likeness (QED) is 0.275. The van der Waals surface area contributed by atoms with Gasteiger partial charge in [0.2, 0.25) is 0 Å². The predicted octanol–water partition coefficient (Wildman–Crippen LogP) is 6.25. The number of aromatic nitrogens is 1. The van der Waals surface area contributed by atoms with Gasteiger partial charge in [-0.05, 0) is 65.4 Å². The van der Waals surface area contributed by atoms with Crippen molar-refractivity contribution in [2.75, 3.05) is 12.4 Å². The van der Waals surface area contributed by atoms with E-state index in [9.17, 15) is 14.7 Å². The summed E-state index contributed by atoms with van der Waals surface area (Å²) in [5, 5.41) is 16.3. The van der Waals surface area contributed by atoms with Gasteiger partial charge in [0.15, 0.2) is 5.13 Å². The Bertz CT molecular complexity index is 1420. The van der Waals surface area contributed by atoms with Crippen LogP contribution in [0.15, 0.2) is 60.7 Å². The molecule has 0 saturated heterocycles. The van der Waals surface area contributed by atoms with Crippen LogP contribution in [0.2, 0.25) is 0 Å². The van der Waals surface area contributed by atoms with Gasteiger partial charge < -0.3 is 20.5 Å². The lowest BCUT2D eigenvalue weighted by Gasteiger charge is -2.28. The SMILES string of the molecule is COc1ccc2nc(Nc3ccc(-c4ccc(C(=O)N[C@H](C(=O)O)C(C)(C)C)c(C)c4)cc3)sc2c1. The highest BCUT2D eigenvalue weighted by atomic mass is 32.1. The van der Waals surface area contributed by atoms with Crippen LogP contribution in [0.3, 0.4) is 0 Å². The summed E-state index contributed by atoms with van der Waals surface area (Å²) >= 11 is 1.56. The first-order valence-electron chi connectivity index (χ1n) is 11.5. The van der Waals surface area contributed by atoms with Crippen LogP contribution in [-0.4, -0.2) is 35.1 Å². The lowest BCUT2D eigenvalue weighted by molar-refractivity contribution is -0.142. The normalized spacial score (nSPS) is 12.2. The second-order valence-corrected chi connectivity index (χ2v) is 10.7. The van der Waals surface area contributed by atoms with Crippen LogP contribution in [0.1, 0.15) is 36.7 Å². The van der Waals surface area contributed by atoms with E-state index in [1.807, 2.05) is 61.5 Å². The van der Waals surface area contributed by atoms with Gasteiger partial charge in [-0.15, -0.1) is 0 Å². The van der Waals surface area contributed by atoms with E-state index in [0.717, 1.165) is 43.5 Å². The van der Waals surface area contributed by atoms with Crippen LogP contribution in [-0.2, 0) is 4.79 Å². The predicted molar refractivity (Wildman–Crippen MR) is 144 cm³/mol. The summed E-state index contributed by atoms with van der Waals surface area (Å²) < 4.78 is 6.33. The maximum atomic E-state index is 12.8. The van der Waals surface area contributed by atoms with Crippen LogP contribution in [0.4, 0.5) is 10.8 Å². The molecular formula is C28H29N3O4S. The third kappa shape index (κ3) is 5.49. The fourth-order valence-corrected chi connectivity index (χ4v) is 4.82. The van der Waals surface area contributed by atoms with Crippen molar-refractivity contribution in [2.45, 2.75) is 33.7 Å². The molecule has 4 aromatic rings. The monoisotopic (exact) mass is 503 g/mol. The summed E-state index contributed by atoms with van der Waals surface area (Å²) in [6.07, 6.45) is 0. The number of fused-ring (bicyclic) bond motifs is 1. The van der Waals surface area contributed by atoms with Crippen molar-refractivity contribution in [1.82, 2.24) is 10.3 Å². The molecule has 0 radical (unpaired) electrons. The Labute approximate surface area is 214 Å². The molecule has 0 spiro atoms. The number of thiazole rings is 1. The average Bonchev–Trinajstić information content (AvgIpc) is 3.23. The van der Waals surface area contributed by atoms with E-state index in [2.05, 4.69) is 15.6 Å². The fraction of sp³-hybridized carbons (Fsp3) is 0.250. The molecule has 0 unspecified atom stereocenters. The molecule has 1 heterocycles. The number of carboxylic acid groups (broad SMARTS) is 1. The summed E-state index contributed by atoms with van der Waals surface area (Å²) in [5.41, 5.74) is 4.42. The van der Waals surface area contributed by atoms with E-state index in [1.54, 1.807) is 45.3 Å². The standard InChI is InChI=1S/C28H29N3O4S/c1-16-14-18(8-12-21(16)25(32)31-24(26(33)34)28(2,3)4)17-6-9-19(10-7-17)29-27-30-22-13-11-20(35-5)15-23(22)36-27/h6-15,24H,1-5H3,(H,29,30)(H,31,32)(H,33,34)/t24-/m1/s1. The van der Waals surface area contributed by atoms with E-state index in [-0.39, 0.29) is 0 Å². The zero-order valence-corrected chi connectivity index (χ0v) is 21.7. The largest absolute Gasteiger partial charge is 0.497 e. The zero-order chi connectivity index (χ0) is 26.0. The van der Waals surface area contributed by atoms with Gasteiger partial charge in [0.05, 0.1) is 17.3 Å². The topological polar surface area (TPSA) is 101 Å². The van der Waals surface area contributed by atoms with Crippen molar-refractivity contribution in [2.24, 2.45) is 5.41 Å². The lowest BCUT2D eigenvalue weighted by atomic mass is 9.86. The van der Waals surface area contributed by atoms with Gasteiger partial charge in [0.25, 0.3) is 5.91 Å². The minimum absolute atomic E-state index is 0.394. The van der Waals surface area contributed by atoms with Gasteiger partial charge in [-0.1, -0.05) is 56.4 Å². The number of aliphatic carboxylic acids is 1. The van der Waals surface area contributed by atoms with Crippen molar-refractivity contribution in [3.8, 4) is 16.9 Å². The van der Waals surface area contributed by atoms with E-state index < -0.39 is 23.3 Å². The Hall–Kier alpha value is -3.91. The number of ether oxygens (including phenoxy) is 1. The summed E-state index contributed by atoms with van der Waals surface area (Å²) in [5.74, 6) is -0.643. The smallest absolute Gasteiger partial charge is 0.326 e. The van der Waals surface area contributed by atoms with Gasteiger partial charge in [-0.2, -0.15) is 0 Å². The Balaban J connectivity index is 1.48. The van der Waals surface area contributed by atoms with Crippen LogP contribution in [0.25, 0.3) is 21.3 Å². The maximum absolute atomic E-state index is 12.8. The highest BCUT2D eigenvalue weighted by molar-refractivity contribution is 7.22. The third-order valence-corrected chi connectivity index (χ3v) is 6.86. The van der Waals surface area contributed by atoms with Crippen LogP contribution in [0.5, 0.6) is 5.75 Å². The molecule has 36 heavy (non-hydrogen) atoms. The first-order chi connectivity index (χ1) is 17.0. The number of nitrogens with one attached hydrogen (secondary N) is 2. The van der Waals surface area contributed by atoms with Crippen molar-refractivity contribution in [1.29, 1.82) is 0 Å². The first-order valence-corrected chi connectivity index (χ1v) is 12.3. The van der Waals surface area contributed by atoms with Crippen molar-refractivity contribution < 1.29 is 19.4 Å². The average molecular weight is 504 g/mol. The number of carbonyl (C=O) groups excluding carboxylic acids is 1. The highest BCUT2D eigenvalue weighted by Gasteiger charge is 2.33. The highest BCUT2D eigenvalue weighted by Crippen LogP contribution is 2.32. The number of aryl methyl sites for hydroxylation is 1. The number of carbonyl (C=O) groups is 2. The first kappa shape index (κ1) is 25.2. The van der Waals surface area contributed by atoms with Crippen molar-refractivity contribution in [3.63, 3.8) is 0 Å². The van der Waals surface area contributed by atoms with E-state index in [4.69, 9.17) is 4.74 Å². The van der Waals surface area contributed by atoms with Crippen LogP contribution >= 0.6 is 11.3 Å². The Kier molecular flexibility index (Phi) is 6.99. The van der Waals surface area contributed by atoms with E-state index in [0.29, 0.717) is 5.56 Å². The molecule has 0 aliphatic rings. The second kappa shape index (κ2) is 9.99. The molecule has 0 fully saturated rings. The number of amides is 1. The molecule has 186 valence electrons. The fourth-order valence-electron chi connectivity index (χ4n) is 3.91. The molecule has 4 rings (SSSR count). The molecule has 0 aliphatic heterocycles. The summed E-state index contributed by atoms with van der Waals surface area (Å²) in [6, 6.07) is 18.4. The number of nitrogens with zero attached hydrogens (tertiary/aromatic N) is 1. The van der Waals surface area contributed by atoms with Gasteiger partial charge in [0.1, 0.15) is 11.8 Å². The van der Waals surface area contributed by atoms with Crippen molar-refractivity contribution in [3.05, 3.63) is 71.8 Å². The number of rotatable bonds is 7. The van der Waals surface area contributed by atoms with Crippen molar-refractivity contribution >= 4 is 44.2 Å². The molecule has 0 bridgehead atoms. The van der Waals surface area contributed by atoms with Gasteiger partial charge in [0, 0.05) is 11.3 Å². The number of benzene rings is 3. The lowest BCUT2D eigenvalue weighted by Crippen LogP contribution is -2.49. The molecule has 0 saturated carbocycles. The number of hydrogen-bond donors (Lipinski definition) is 3. The van der Waals surface area contributed by atoms with Crippen LogP contribution in [0, 0.1) is 12.3 Å². The summed E-state index contributed by atoms with van der Waals surface area (Å²) in [7, 11) is 1.65. The summed E-state index contributed by atoms with van der Waals surface area (Å²) in [6.45, 7) is 7.21. The third-order valence-electron chi connectivity index (χ3n) is 5.92. The number of hydrogen-bond acceptors (Lipinski definition) is 6. The maximum Gasteiger partial charge on any atom is 0.326 e. The van der Waals surface area contributed by atoms with Gasteiger partial charge in [-0.25, -0.2) is 9.78 Å². The molecule has 8 heteroatoms. The molecule has 1 atom stereocenters. The Morgan fingerprint density at radius 1 is 1.00 bits per heavy atom. The zero-order valence-electron chi connectivity index (χ0n) is 20.9. The molecule has 3 N–H and O–H groups in total. The number of carboxylic acids is 1. The van der Waals surface area contributed by atoms with E-state index in [1.165, 1.54) is 0 Å². The minimum Gasteiger partial charge on any atom is -0.497 e. The molecular weight excluding hydrogens is 474 g/mol.